The van der Waals surface area contributed by atoms with Crippen molar-refractivity contribution in [3.8, 4) is 0 Å². The molecule has 2 aliphatic heterocycles. The lowest BCUT2D eigenvalue weighted by Crippen LogP contribution is -2.61. The second-order valence-corrected chi connectivity index (χ2v) is 4.91. The highest BCUT2D eigenvalue weighted by Gasteiger charge is 2.33. The topological polar surface area (TPSA) is 24.5 Å². The standard InChI is InChI=1S/C14H20N2O/c1-2-4-12(5-3-1)10-14-13-11-15-6-7-16(13)8-9-17-14/h1-5,13-15H,6-11H2. The van der Waals surface area contributed by atoms with Crippen molar-refractivity contribution >= 4 is 0 Å². The molecule has 0 bridgehead atoms. The van der Waals surface area contributed by atoms with Gasteiger partial charge in [0.05, 0.1) is 12.7 Å². The molecule has 0 aliphatic carbocycles. The molecular weight excluding hydrogens is 212 g/mol. The lowest BCUT2D eigenvalue weighted by molar-refractivity contribution is -0.0771. The van der Waals surface area contributed by atoms with Crippen LogP contribution in [0.15, 0.2) is 30.3 Å². The Bertz CT molecular complexity index is 352. The van der Waals surface area contributed by atoms with Gasteiger partial charge >= 0.3 is 0 Å². The third kappa shape index (κ3) is 2.51. The summed E-state index contributed by atoms with van der Waals surface area (Å²) in [6.45, 7) is 5.33. The Morgan fingerprint density at radius 1 is 1.24 bits per heavy atom. The third-order valence-corrected chi connectivity index (χ3v) is 3.82. The number of ether oxygens (including phenoxy) is 1. The van der Waals surface area contributed by atoms with Crippen LogP contribution in [0.4, 0.5) is 0 Å². The van der Waals surface area contributed by atoms with E-state index >= 15 is 0 Å². The largest absolute Gasteiger partial charge is 0.375 e. The van der Waals surface area contributed by atoms with Gasteiger partial charge in [-0.2, -0.15) is 0 Å². The van der Waals surface area contributed by atoms with Gasteiger partial charge in [-0.1, -0.05) is 30.3 Å². The minimum atomic E-state index is 0.346. The van der Waals surface area contributed by atoms with E-state index in [0.29, 0.717) is 12.1 Å². The fourth-order valence-electron chi connectivity index (χ4n) is 2.89. The molecule has 3 heteroatoms. The highest BCUT2D eigenvalue weighted by atomic mass is 16.5. The normalized spacial score (nSPS) is 29.9. The second-order valence-electron chi connectivity index (χ2n) is 4.91. The Morgan fingerprint density at radius 2 is 2.12 bits per heavy atom. The van der Waals surface area contributed by atoms with Crippen molar-refractivity contribution < 1.29 is 4.74 Å². The summed E-state index contributed by atoms with van der Waals surface area (Å²) in [4.78, 5) is 2.58. The number of rotatable bonds is 2. The fraction of sp³-hybridized carbons (Fsp3) is 0.571. The predicted octanol–water partition coefficient (Wildman–Crippen LogP) is 0.902. The zero-order valence-electron chi connectivity index (χ0n) is 10.1. The maximum Gasteiger partial charge on any atom is 0.0783 e. The number of morpholine rings is 1. The SMILES string of the molecule is c1ccc(CC2OCCN3CCNCC23)cc1. The Balaban J connectivity index is 1.69. The van der Waals surface area contributed by atoms with Crippen molar-refractivity contribution in [2.24, 2.45) is 0 Å². The summed E-state index contributed by atoms with van der Waals surface area (Å²) in [7, 11) is 0. The molecule has 0 saturated carbocycles. The summed E-state index contributed by atoms with van der Waals surface area (Å²) >= 11 is 0. The molecule has 2 atom stereocenters. The summed E-state index contributed by atoms with van der Waals surface area (Å²) < 4.78 is 5.97. The van der Waals surface area contributed by atoms with E-state index in [4.69, 9.17) is 4.74 Å². The monoisotopic (exact) mass is 232 g/mol. The molecule has 0 radical (unpaired) electrons. The molecule has 17 heavy (non-hydrogen) atoms. The van der Waals surface area contributed by atoms with E-state index in [-0.39, 0.29) is 0 Å². The summed E-state index contributed by atoms with van der Waals surface area (Å²) in [5, 5.41) is 3.48. The maximum atomic E-state index is 5.97. The van der Waals surface area contributed by atoms with Crippen LogP contribution in [-0.2, 0) is 11.2 Å². The van der Waals surface area contributed by atoms with Crippen LogP contribution < -0.4 is 5.32 Å². The molecule has 0 aromatic heterocycles. The Hall–Kier alpha value is -0.900. The Labute approximate surface area is 103 Å². The van der Waals surface area contributed by atoms with Crippen LogP contribution in [0.25, 0.3) is 0 Å². The van der Waals surface area contributed by atoms with Gasteiger partial charge in [0.15, 0.2) is 0 Å². The van der Waals surface area contributed by atoms with E-state index in [2.05, 4.69) is 40.5 Å². The third-order valence-electron chi connectivity index (χ3n) is 3.82. The average Bonchev–Trinajstić information content (AvgIpc) is 2.40. The van der Waals surface area contributed by atoms with Gasteiger partial charge in [-0.3, -0.25) is 4.90 Å². The molecule has 3 nitrogen and oxygen atoms in total. The molecule has 1 N–H and O–H groups in total. The van der Waals surface area contributed by atoms with E-state index in [1.54, 1.807) is 0 Å². The molecule has 2 saturated heterocycles. The molecule has 1 aromatic carbocycles. The molecule has 92 valence electrons. The maximum absolute atomic E-state index is 5.97. The number of hydrogen-bond donors (Lipinski definition) is 1. The smallest absolute Gasteiger partial charge is 0.0783 e. The minimum absolute atomic E-state index is 0.346. The van der Waals surface area contributed by atoms with Gasteiger partial charge in [0.1, 0.15) is 0 Å². The molecular formula is C14H20N2O. The first-order valence-corrected chi connectivity index (χ1v) is 6.54. The summed E-state index contributed by atoms with van der Waals surface area (Å²) in [5.41, 5.74) is 1.38. The van der Waals surface area contributed by atoms with Crippen LogP contribution >= 0.6 is 0 Å². The number of benzene rings is 1. The van der Waals surface area contributed by atoms with Crippen molar-refractivity contribution in [1.29, 1.82) is 0 Å². The molecule has 2 heterocycles. The lowest BCUT2D eigenvalue weighted by Gasteiger charge is -2.44. The second kappa shape index (κ2) is 5.17. The highest BCUT2D eigenvalue weighted by Crippen LogP contribution is 2.19. The van der Waals surface area contributed by atoms with Gasteiger partial charge < -0.3 is 10.1 Å². The van der Waals surface area contributed by atoms with Crippen LogP contribution in [0.5, 0.6) is 0 Å². The first kappa shape index (κ1) is 11.2. The lowest BCUT2D eigenvalue weighted by atomic mass is 9.98. The first-order valence-electron chi connectivity index (χ1n) is 6.54. The molecule has 1 aromatic rings. The van der Waals surface area contributed by atoms with Crippen molar-refractivity contribution in [2.45, 2.75) is 18.6 Å². The zero-order valence-corrected chi connectivity index (χ0v) is 10.1. The highest BCUT2D eigenvalue weighted by molar-refractivity contribution is 5.16. The van der Waals surface area contributed by atoms with Crippen LogP contribution in [-0.4, -0.2) is 49.8 Å². The van der Waals surface area contributed by atoms with Crippen LogP contribution in [0.1, 0.15) is 5.56 Å². The number of piperazine rings is 1. The Kier molecular flexibility index (Phi) is 3.41. The number of fused-ring (bicyclic) bond motifs is 1. The predicted molar refractivity (Wildman–Crippen MR) is 68.1 cm³/mol. The average molecular weight is 232 g/mol. The van der Waals surface area contributed by atoms with E-state index in [1.807, 2.05) is 0 Å². The fourth-order valence-corrected chi connectivity index (χ4v) is 2.89. The van der Waals surface area contributed by atoms with E-state index in [0.717, 1.165) is 32.7 Å². The number of nitrogens with zero attached hydrogens (tertiary/aromatic N) is 1. The zero-order chi connectivity index (χ0) is 11.5. The van der Waals surface area contributed by atoms with Crippen molar-refractivity contribution in [3.63, 3.8) is 0 Å². The summed E-state index contributed by atoms with van der Waals surface area (Å²) in [6, 6.07) is 11.2. The van der Waals surface area contributed by atoms with Crippen molar-refractivity contribution in [2.75, 3.05) is 32.8 Å². The van der Waals surface area contributed by atoms with Gasteiger partial charge in [0.25, 0.3) is 0 Å². The Morgan fingerprint density at radius 3 is 3.00 bits per heavy atom. The van der Waals surface area contributed by atoms with Gasteiger partial charge in [-0.15, -0.1) is 0 Å². The van der Waals surface area contributed by atoms with Gasteiger partial charge in [-0.25, -0.2) is 0 Å². The molecule has 3 rings (SSSR count). The molecule has 0 spiro atoms. The summed E-state index contributed by atoms with van der Waals surface area (Å²) in [5.74, 6) is 0. The summed E-state index contributed by atoms with van der Waals surface area (Å²) in [6.07, 6.45) is 1.38. The van der Waals surface area contributed by atoms with Crippen molar-refractivity contribution in [1.82, 2.24) is 10.2 Å². The van der Waals surface area contributed by atoms with Gasteiger partial charge in [0, 0.05) is 38.6 Å². The molecule has 2 fully saturated rings. The van der Waals surface area contributed by atoms with Crippen LogP contribution in [0.2, 0.25) is 0 Å². The number of hydrogen-bond acceptors (Lipinski definition) is 3. The van der Waals surface area contributed by atoms with E-state index in [1.165, 1.54) is 12.1 Å². The van der Waals surface area contributed by atoms with E-state index < -0.39 is 0 Å². The van der Waals surface area contributed by atoms with Crippen molar-refractivity contribution in [3.05, 3.63) is 35.9 Å². The van der Waals surface area contributed by atoms with Crippen LogP contribution in [0, 0.1) is 0 Å². The van der Waals surface area contributed by atoms with Gasteiger partial charge in [-0.05, 0) is 5.56 Å². The van der Waals surface area contributed by atoms with Crippen LogP contribution in [0.3, 0.4) is 0 Å². The van der Waals surface area contributed by atoms with Gasteiger partial charge in [0.2, 0.25) is 0 Å². The quantitative estimate of drug-likeness (QED) is 0.820. The molecule has 2 unspecified atom stereocenters. The number of nitrogens with one attached hydrogen (secondary N) is 1. The molecule has 0 amide bonds. The minimum Gasteiger partial charge on any atom is -0.375 e. The molecule has 2 aliphatic rings. The first-order chi connectivity index (χ1) is 8.43. The van der Waals surface area contributed by atoms with E-state index in [9.17, 15) is 0 Å².